The van der Waals surface area contributed by atoms with Crippen molar-refractivity contribution in [1.82, 2.24) is 0 Å². The van der Waals surface area contributed by atoms with Crippen molar-refractivity contribution in [3.63, 3.8) is 0 Å². The van der Waals surface area contributed by atoms with Gasteiger partial charge in [0.25, 0.3) is 0 Å². The van der Waals surface area contributed by atoms with Crippen molar-refractivity contribution in [2.75, 3.05) is 0 Å². The van der Waals surface area contributed by atoms with Crippen molar-refractivity contribution >= 4 is 0 Å². The molecular weight excluding hydrogens is 328 g/mol. The Morgan fingerprint density at radius 1 is 0.400 bits per heavy atom. The van der Waals surface area contributed by atoms with Gasteiger partial charge in [-0.25, -0.2) is 4.42 Å². The van der Waals surface area contributed by atoms with Crippen LogP contribution >= 0.6 is 0 Å². The van der Waals surface area contributed by atoms with E-state index in [2.05, 4.69) is 60.7 Å². The van der Waals surface area contributed by atoms with Gasteiger partial charge in [0.2, 0.25) is 0 Å². The van der Waals surface area contributed by atoms with Crippen LogP contribution in [0.4, 0.5) is 0 Å². The molecule has 4 aromatic rings. The van der Waals surface area contributed by atoms with E-state index in [0.29, 0.717) is 0 Å². The summed E-state index contributed by atoms with van der Waals surface area (Å²) in [7, 11) is 0. The summed E-state index contributed by atoms with van der Waals surface area (Å²) < 4.78 is 6.21. The van der Waals surface area contributed by atoms with E-state index in [0.717, 1.165) is 28.2 Å². The Kier molecular flexibility index (Phi) is 5.27. The average molecular weight is 345 g/mol. The lowest BCUT2D eigenvalue weighted by Crippen LogP contribution is -3.00. The molecule has 0 bridgehead atoms. The van der Waals surface area contributed by atoms with Crippen molar-refractivity contribution in [1.29, 1.82) is 0 Å². The van der Waals surface area contributed by atoms with Gasteiger partial charge in [-0.2, -0.15) is 0 Å². The number of benzene rings is 3. The topological polar surface area (TPSA) is 11.3 Å². The number of halogens is 1. The maximum atomic E-state index is 6.21. The van der Waals surface area contributed by atoms with Gasteiger partial charge in [-0.1, -0.05) is 66.7 Å². The van der Waals surface area contributed by atoms with Crippen molar-refractivity contribution in [2.24, 2.45) is 0 Å². The highest BCUT2D eigenvalue weighted by atomic mass is 35.5. The lowest BCUT2D eigenvalue weighted by atomic mass is 10.0. The van der Waals surface area contributed by atoms with Gasteiger partial charge in [0.15, 0.2) is 0 Å². The van der Waals surface area contributed by atoms with E-state index in [1.807, 2.05) is 42.5 Å². The fourth-order valence-corrected chi connectivity index (χ4v) is 2.79. The average Bonchev–Trinajstić information content (AvgIpc) is 2.70. The summed E-state index contributed by atoms with van der Waals surface area (Å²) in [5.74, 6) is 1.74. The maximum absolute atomic E-state index is 6.21. The molecule has 0 saturated carbocycles. The van der Waals surface area contributed by atoms with Crippen LogP contribution in [-0.4, -0.2) is 0 Å². The highest BCUT2D eigenvalue weighted by molar-refractivity contribution is 5.74. The van der Waals surface area contributed by atoms with Gasteiger partial charge in [-0.05, 0) is 29.8 Å². The molecule has 0 aliphatic carbocycles. The quantitative estimate of drug-likeness (QED) is 0.517. The number of hydrogen-bond acceptors (Lipinski definition) is 0. The standard InChI is InChI=1S/C23H17O.ClH/c1-4-10-18(11-5-1)21-16-22(19-12-6-2-7-13-19)24-23(17-21)20-14-8-3-9-15-20;/h1-17H;1H/q+1;/p-1. The van der Waals surface area contributed by atoms with Crippen LogP contribution in [0.3, 0.4) is 0 Å². The van der Waals surface area contributed by atoms with E-state index in [-0.39, 0.29) is 12.4 Å². The van der Waals surface area contributed by atoms with Crippen LogP contribution in [0, 0.1) is 0 Å². The van der Waals surface area contributed by atoms with Crippen LogP contribution in [0.5, 0.6) is 0 Å². The van der Waals surface area contributed by atoms with Crippen molar-refractivity contribution in [2.45, 2.75) is 0 Å². The van der Waals surface area contributed by atoms with Crippen LogP contribution in [-0.2, 0) is 0 Å². The van der Waals surface area contributed by atoms with Crippen LogP contribution in [0.25, 0.3) is 33.8 Å². The molecule has 0 unspecified atom stereocenters. The molecular formula is C23H17ClO. The molecule has 0 spiro atoms. The number of hydrogen-bond donors (Lipinski definition) is 0. The van der Waals surface area contributed by atoms with Crippen LogP contribution < -0.4 is 12.4 Å². The van der Waals surface area contributed by atoms with E-state index in [1.165, 1.54) is 5.56 Å². The second-order valence-electron chi connectivity index (χ2n) is 5.67. The monoisotopic (exact) mass is 344 g/mol. The molecule has 0 aliphatic rings. The Morgan fingerprint density at radius 2 is 0.760 bits per heavy atom. The van der Waals surface area contributed by atoms with E-state index in [4.69, 9.17) is 4.42 Å². The molecule has 2 heteroatoms. The summed E-state index contributed by atoms with van der Waals surface area (Å²) in [6.45, 7) is 0. The summed E-state index contributed by atoms with van der Waals surface area (Å²) in [6.07, 6.45) is 0. The Bertz CT molecular complexity index is 796. The van der Waals surface area contributed by atoms with Crippen molar-refractivity contribution < 1.29 is 16.8 Å². The molecule has 0 radical (unpaired) electrons. The molecule has 122 valence electrons. The second-order valence-corrected chi connectivity index (χ2v) is 5.67. The zero-order valence-electron chi connectivity index (χ0n) is 13.6. The first-order valence-electron chi connectivity index (χ1n) is 8.04. The molecule has 0 N–H and O–H groups in total. The fraction of sp³-hybridized carbons (Fsp3) is 0. The molecule has 1 heterocycles. The van der Waals surface area contributed by atoms with Gasteiger partial charge in [0, 0.05) is 5.56 Å². The van der Waals surface area contributed by atoms with Gasteiger partial charge in [-0.3, -0.25) is 0 Å². The molecule has 0 atom stereocenters. The molecule has 25 heavy (non-hydrogen) atoms. The Hall–Kier alpha value is -2.90. The third kappa shape index (κ3) is 3.78. The van der Waals surface area contributed by atoms with Gasteiger partial charge < -0.3 is 12.4 Å². The maximum Gasteiger partial charge on any atom is 0.361 e. The Balaban J connectivity index is 0.00000182. The third-order valence-corrected chi connectivity index (χ3v) is 4.02. The zero-order valence-corrected chi connectivity index (χ0v) is 14.4. The highest BCUT2D eigenvalue weighted by Crippen LogP contribution is 2.32. The predicted molar refractivity (Wildman–Crippen MR) is 99.4 cm³/mol. The minimum atomic E-state index is 0. The molecule has 1 nitrogen and oxygen atoms in total. The van der Waals surface area contributed by atoms with Crippen molar-refractivity contribution in [3.05, 3.63) is 103 Å². The van der Waals surface area contributed by atoms with Crippen LogP contribution in [0.15, 0.2) is 108 Å². The fourth-order valence-electron chi connectivity index (χ4n) is 2.79. The largest absolute Gasteiger partial charge is 1.00 e. The van der Waals surface area contributed by atoms with E-state index < -0.39 is 0 Å². The minimum absolute atomic E-state index is 0. The first-order valence-corrected chi connectivity index (χ1v) is 8.04. The first kappa shape index (κ1) is 16.9. The van der Waals surface area contributed by atoms with Gasteiger partial charge >= 0.3 is 11.5 Å². The second kappa shape index (κ2) is 7.78. The Morgan fingerprint density at radius 3 is 1.16 bits per heavy atom. The number of rotatable bonds is 3. The van der Waals surface area contributed by atoms with E-state index >= 15 is 0 Å². The first-order chi connectivity index (χ1) is 11.9. The smallest absolute Gasteiger partial charge is 0.361 e. The summed E-state index contributed by atoms with van der Waals surface area (Å²) in [4.78, 5) is 0. The van der Waals surface area contributed by atoms with Gasteiger partial charge in [0.1, 0.15) is 0 Å². The lowest BCUT2D eigenvalue weighted by molar-refractivity contribution is -0.00000511. The van der Waals surface area contributed by atoms with Crippen LogP contribution in [0.2, 0.25) is 0 Å². The molecule has 0 saturated heterocycles. The molecule has 0 aliphatic heterocycles. The molecule has 1 aromatic heterocycles. The molecule has 4 rings (SSSR count). The summed E-state index contributed by atoms with van der Waals surface area (Å²) in [6, 6.07) is 35.1. The third-order valence-electron chi connectivity index (χ3n) is 4.02. The zero-order chi connectivity index (χ0) is 16.2. The summed E-state index contributed by atoms with van der Waals surface area (Å²) in [5, 5.41) is 0. The lowest BCUT2D eigenvalue weighted by Gasteiger charge is -2.02. The SMILES string of the molecule is [Cl-].c1ccc(-c2cc(-c3ccccc3)[o+]c(-c3ccccc3)c2)cc1. The summed E-state index contributed by atoms with van der Waals surface area (Å²) >= 11 is 0. The Labute approximate surface area is 154 Å². The van der Waals surface area contributed by atoms with E-state index in [9.17, 15) is 0 Å². The summed E-state index contributed by atoms with van der Waals surface area (Å²) in [5.41, 5.74) is 4.49. The van der Waals surface area contributed by atoms with Gasteiger partial charge in [-0.15, -0.1) is 0 Å². The molecule has 3 aromatic carbocycles. The van der Waals surface area contributed by atoms with Crippen molar-refractivity contribution in [3.8, 4) is 33.8 Å². The normalized spacial score (nSPS) is 10.1. The van der Waals surface area contributed by atoms with Gasteiger partial charge in [0.05, 0.1) is 23.3 Å². The minimum Gasteiger partial charge on any atom is -1.00 e. The van der Waals surface area contributed by atoms with E-state index in [1.54, 1.807) is 0 Å². The predicted octanol–water partition coefficient (Wildman–Crippen LogP) is 3.57. The highest BCUT2D eigenvalue weighted by Gasteiger charge is 2.20. The molecule has 0 amide bonds. The molecule has 0 fully saturated rings. The van der Waals surface area contributed by atoms with Crippen LogP contribution in [0.1, 0.15) is 0 Å².